The first-order chi connectivity index (χ1) is 11.1. The number of hydrogen-bond donors (Lipinski definition) is 0. The summed E-state index contributed by atoms with van der Waals surface area (Å²) in [4.78, 5) is 16.6. The Hall–Kier alpha value is -1.59. The van der Waals surface area contributed by atoms with Crippen molar-refractivity contribution in [1.82, 2.24) is 9.80 Å². The van der Waals surface area contributed by atoms with Gasteiger partial charge in [0.15, 0.2) is 0 Å². The van der Waals surface area contributed by atoms with Gasteiger partial charge < -0.3 is 14.4 Å². The third kappa shape index (κ3) is 5.22. The summed E-state index contributed by atoms with van der Waals surface area (Å²) in [5.74, 6) is 1.08. The molecule has 1 amide bonds. The molecule has 5 heteroatoms. The number of carbonyl (C=O) groups excluding carboxylic acids is 1. The summed E-state index contributed by atoms with van der Waals surface area (Å²) in [7, 11) is 1.67. The van der Waals surface area contributed by atoms with E-state index in [2.05, 4.69) is 30.9 Å². The Morgan fingerprint density at radius 1 is 1.30 bits per heavy atom. The number of likely N-dealkylation sites (N-methyl/N-ethyl adjacent to an activating group) is 1. The SMILES string of the molecule is CCN(CC(=O)N1CCOCC1)C(C)Cc1ccc(OC)cc1. The maximum atomic E-state index is 12.4. The van der Waals surface area contributed by atoms with Crippen LogP contribution in [0, 0.1) is 0 Å². The molecule has 0 N–H and O–H groups in total. The summed E-state index contributed by atoms with van der Waals surface area (Å²) in [5, 5.41) is 0. The van der Waals surface area contributed by atoms with Gasteiger partial charge in [-0.1, -0.05) is 19.1 Å². The maximum absolute atomic E-state index is 12.4. The van der Waals surface area contributed by atoms with E-state index < -0.39 is 0 Å². The van der Waals surface area contributed by atoms with Gasteiger partial charge in [0, 0.05) is 19.1 Å². The van der Waals surface area contributed by atoms with Crippen LogP contribution in [0.15, 0.2) is 24.3 Å². The van der Waals surface area contributed by atoms with Crippen LogP contribution in [0.4, 0.5) is 0 Å². The minimum Gasteiger partial charge on any atom is -0.497 e. The zero-order valence-electron chi connectivity index (χ0n) is 14.5. The van der Waals surface area contributed by atoms with Gasteiger partial charge in [-0.2, -0.15) is 0 Å². The minimum atomic E-state index is 0.205. The van der Waals surface area contributed by atoms with E-state index in [9.17, 15) is 4.79 Å². The summed E-state index contributed by atoms with van der Waals surface area (Å²) < 4.78 is 10.5. The van der Waals surface area contributed by atoms with E-state index in [1.165, 1.54) is 5.56 Å². The van der Waals surface area contributed by atoms with Crippen molar-refractivity contribution in [1.29, 1.82) is 0 Å². The first-order valence-corrected chi connectivity index (χ1v) is 8.36. The average Bonchev–Trinajstić information content (AvgIpc) is 2.60. The van der Waals surface area contributed by atoms with E-state index in [1.807, 2.05) is 17.0 Å². The van der Waals surface area contributed by atoms with Crippen LogP contribution in [0.1, 0.15) is 19.4 Å². The number of nitrogens with zero attached hydrogens (tertiary/aromatic N) is 2. The van der Waals surface area contributed by atoms with Gasteiger partial charge in [-0.15, -0.1) is 0 Å². The number of hydrogen-bond acceptors (Lipinski definition) is 4. The van der Waals surface area contributed by atoms with Crippen LogP contribution in [0.3, 0.4) is 0 Å². The lowest BCUT2D eigenvalue weighted by Crippen LogP contribution is -2.47. The quantitative estimate of drug-likeness (QED) is 0.768. The Balaban J connectivity index is 1.89. The van der Waals surface area contributed by atoms with Crippen molar-refractivity contribution < 1.29 is 14.3 Å². The highest BCUT2D eigenvalue weighted by Crippen LogP contribution is 2.15. The van der Waals surface area contributed by atoms with Crippen LogP contribution in [-0.4, -0.2) is 68.3 Å². The van der Waals surface area contributed by atoms with Crippen molar-refractivity contribution in [2.45, 2.75) is 26.3 Å². The van der Waals surface area contributed by atoms with E-state index in [1.54, 1.807) is 7.11 Å². The lowest BCUT2D eigenvalue weighted by atomic mass is 10.1. The highest BCUT2D eigenvalue weighted by atomic mass is 16.5. The molecule has 1 aromatic carbocycles. The molecule has 1 aromatic rings. The molecular weight excluding hydrogens is 292 g/mol. The number of amides is 1. The number of carbonyl (C=O) groups is 1. The molecule has 0 radical (unpaired) electrons. The van der Waals surface area contributed by atoms with E-state index in [0.29, 0.717) is 38.9 Å². The molecule has 0 saturated carbocycles. The monoisotopic (exact) mass is 320 g/mol. The van der Waals surface area contributed by atoms with Crippen LogP contribution < -0.4 is 4.74 Å². The van der Waals surface area contributed by atoms with E-state index >= 15 is 0 Å². The lowest BCUT2D eigenvalue weighted by Gasteiger charge is -2.32. The highest BCUT2D eigenvalue weighted by Gasteiger charge is 2.21. The first kappa shape index (κ1) is 17.8. The molecule has 23 heavy (non-hydrogen) atoms. The van der Waals surface area contributed by atoms with Gasteiger partial charge in [-0.25, -0.2) is 0 Å². The van der Waals surface area contributed by atoms with E-state index in [4.69, 9.17) is 9.47 Å². The molecule has 1 saturated heterocycles. The maximum Gasteiger partial charge on any atom is 0.236 e. The van der Waals surface area contributed by atoms with Gasteiger partial charge in [0.25, 0.3) is 0 Å². The van der Waals surface area contributed by atoms with Gasteiger partial charge in [-0.3, -0.25) is 9.69 Å². The average molecular weight is 320 g/mol. The van der Waals surface area contributed by atoms with Crippen LogP contribution in [0.2, 0.25) is 0 Å². The largest absolute Gasteiger partial charge is 0.497 e. The Labute approximate surface area is 139 Å². The van der Waals surface area contributed by atoms with Gasteiger partial charge in [0.1, 0.15) is 5.75 Å². The molecule has 1 aliphatic heterocycles. The smallest absolute Gasteiger partial charge is 0.236 e. The minimum absolute atomic E-state index is 0.205. The molecule has 0 bridgehead atoms. The second-order valence-corrected chi connectivity index (χ2v) is 5.96. The normalized spacial score (nSPS) is 16.4. The van der Waals surface area contributed by atoms with Gasteiger partial charge in [0.05, 0.1) is 26.9 Å². The summed E-state index contributed by atoms with van der Waals surface area (Å²) in [6.45, 7) is 8.36. The molecular formula is C18H28N2O3. The van der Waals surface area contributed by atoms with Crippen LogP contribution in [-0.2, 0) is 16.0 Å². The molecule has 128 valence electrons. The van der Waals surface area contributed by atoms with Crippen molar-refractivity contribution in [3.63, 3.8) is 0 Å². The van der Waals surface area contributed by atoms with Crippen molar-refractivity contribution in [2.75, 3.05) is 46.5 Å². The molecule has 0 spiro atoms. The van der Waals surface area contributed by atoms with Crippen LogP contribution >= 0.6 is 0 Å². The number of rotatable bonds is 7. The highest BCUT2D eigenvalue weighted by molar-refractivity contribution is 5.78. The van der Waals surface area contributed by atoms with Crippen molar-refractivity contribution in [2.24, 2.45) is 0 Å². The number of benzene rings is 1. The standard InChI is InChI=1S/C18H28N2O3/c1-4-19(14-18(21)20-9-11-23-12-10-20)15(2)13-16-5-7-17(22-3)8-6-16/h5-8,15H,4,9-14H2,1-3H3. The van der Waals surface area contributed by atoms with E-state index in [-0.39, 0.29) is 5.91 Å². The molecule has 2 rings (SSSR count). The Morgan fingerprint density at radius 3 is 2.52 bits per heavy atom. The number of ether oxygens (including phenoxy) is 2. The summed E-state index contributed by atoms with van der Waals surface area (Å²) >= 11 is 0. The Bertz CT molecular complexity index is 484. The molecule has 5 nitrogen and oxygen atoms in total. The first-order valence-electron chi connectivity index (χ1n) is 8.36. The Morgan fingerprint density at radius 2 is 1.96 bits per heavy atom. The number of morpholine rings is 1. The summed E-state index contributed by atoms with van der Waals surface area (Å²) in [5.41, 5.74) is 1.26. The van der Waals surface area contributed by atoms with Gasteiger partial charge in [-0.05, 0) is 37.6 Å². The second-order valence-electron chi connectivity index (χ2n) is 5.96. The predicted octanol–water partition coefficient (Wildman–Crippen LogP) is 1.81. The molecule has 1 aliphatic rings. The molecule has 1 heterocycles. The zero-order chi connectivity index (χ0) is 16.7. The van der Waals surface area contributed by atoms with Crippen molar-refractivity contribution >= 4 is 5.91 Å². The van der Waals surface area contributed by atoms with E-state index in [0.717, 1.165) is 18.7 Å². The molecule has 0 aromatic heterocycles. The van der Waals surface area contributed by atoms with Gasteiger partial charge in [0.2, 0.25) is 5.91 Å². The van der Waals surface area contributed by atoms with Gasteiger partial charge >= 0.3 is 0 Å². The molecule has 1 atom stereocenters. The Kier molecular flexibility index (Phi) is 6.86. The molecule has 0 aliphatic carbocycles. The third-order valence-corrected chi connectivity index (χ3v) is 4.42. The topological polar surface area (TPSA) is 42.0 Å². The van der Waals surface area contributed by atoms with Crippen molar-refractivity contribution in [3.05, 3.63) is 29.8 Å². The zero-order valence-corrected chi connectivity index (χ0v) is 14.5. The molecule has 1 fully saturated rings. The second kappa shape index (κ2) is 8.89. The van der Waals surface area contributed by atoms with Crippen LogP contribution in [0.25, 0.3) is 0 Å². The number of methoxy groups -OCH3 is 1. The summed E-state index contributed by atoms with van der Waals surface area (Å²) in [6, 6.07) is 8.47. The fourth-order valence-electron chi connectivity index (χ4n) is 2.90. The third-order valence-electron chi connectivity index (χ3n) is 4.42. The fourth-order valence-corrected chi connectivity index (χ4v) is 2.90. The molecule has 1 unspecified atom stereocenters. The van der Waals surface area contributed by atoms with Crippen molar-refractivity contribution in [3.8, 4) is 5.75 Å². The lowest BCUT2D eigenvalue weighted by molar-refractivity contribution is -0.136. The summed E-state index contributed by atoms with van der Waals surface area (Å²) in [6.07, 6.45) is 0.925. The van der Waals surface area contributed by atoms with Crippen LogP contribution in [0.5, 0.6) is 5.75 Å². The predicted molar refractivity (Wildman–Crippen MR) is 90.8 cm³/mol. The fraction of sp³-hybridized carbons (Fsp3) is 0.611.